The molecule has 2 aromatic heterocycles. The maximum absolute atomic E-state index is 12.8. The van der Waals surface area contributed by atoms with Crippen molar-refractivity contribution in [2.24, 2.45) is 7.05 Å². The van der Waals surface area contributed by atoms with Crippen LogP contribution in [0.15, 0.2) is 54.9 Å². The molecular formula is C21H22N4O. The van der Waals surface area contributed by atoms with E-state index in [1.54, 1.807) is 6.20 Å². The van der Waals surface area contributed by atoms with Gasteiger partial charge in [0.1, 0.15) is 0 Å². The minimum absolute atomic E-state index is 0.174. The van der Waals surface area contributed by atoms with Crippen LogP contribution >= 0.6 is 0 Å². The Morgan fingerprint density at radius 3 is 2.77 bits per heavy atom. The van der Waals surface area contributed by atoms with Crippen LogP contribution in [0.2, 0.25) is 0 Å². The summed E-state index contributed by atoms with van der Waals surface area (Å²) in [6.45, 7) is 1.40. The molecule has 3 aromatic rings. The summed E-state index contributed by atoms with van der Waals surface area (Å²) in [5.74, 6) is 0.174. The average Bonchev–Trinajstić information content (AvgIpc) is 2.84. The number of nitrogens with zero attached hydrogens (tertiary/aromatic N) is 4. The van der Waals surface area contributed by atoms with Crippen molar-refractivity contribution in [2.45, 2.75) is 25.8 Å². The van der Waals surface area contributed by atoms with Crippen molar-refractivity contribution in [3.05, 3.63) is 71.7 Å². The number of fused-ring (bicyclic) bond motifs is 1. The maximum Gasteiger partial charge on any atom is 0.227 e. The number of aromatic nitrogens is 3. The maximum atomic E-state index is 12.8. The van der Waals surface area contributed by atoms with Crippen LogP contribution in [0.25, 0.3) is 11.3 Å². The summed E-state index contributed by atoms with van der Waals surface area (Å²) in [4.78, 5) is 19.0. The molecule has 0 saturated heterocycles. The predicted octanol–water partition coefficient (Wildman–Crippen LogP) is 3.00. The molecule has 5 heteroatoms. The van der Waals surface area contributed by atoms with Gasteiger partial charge in [-0.05, 0) is 30.5 Å². The smallest absolute Gasteiger partial charge is 0.227 e. The fourth-order valence-electron chi connectivity index (χ4n) is 3.60. The number of carbonyl (C=O) groups excluding carboxylic acids is 1. The number of hydrogen-bond acceptors (Lipinski definition) is 3. The van der Waals surface area contributed by atoms with Crippen molar-refractivity contribution in [3.8, 4) is 11.3 Å². The van der Waals surface area contributed by atoms with Crippen molar-refractivity contribution in [1.82, 2.24) is 19.7 Å². The Kier molecular flexibility index (Phi) is 4.52. The van der Waals surface area contributed by atoms with Gasteiger partial charge in [0.05, 0.1) is 24.4 Å². The zero-order valence-electron chi connectivity index (χ0n) is 14.9. The molecule has 1 aliphatic heterocycles. The third kappa shape index (κ3) is 3.25. The standard InChI is InChI=1S/C21H22N4O/c1-24-19-15-25(20(26)13-16-7-3-2-4-8-16)12-6-10-18(19)21(23-24)17-9-5-11-22-14-17/h2-5,7-9,11,14H,6,10,12-13,15H2,1H3. The fourth-order valence-corrected chi connectivity index (χ4v) is 3.60. The largest absolute Gasteiger partial charge is 0.337 e. The molecule has 132 valence electrons. The summed E-state index contributed by atoms with van der Waals surface area (Å²) in [5, 5.41) is 4.72. The molecule has 0 bridgehead atoms. The van der Waals surface area contributed by atoms with Crippen LogP contribution in [-0.2, 0) is 31.2 Å². The molecule has 26 heavy (non-hydrogen) atoms. The minimum Gasteiger partial charge on any atom is -0.337 e. The summed E-state index contributed by atoms with van der Waals surface area (Å²) in [7, 11) is 1.96. The molecule has 3 heterocycles. The highest BCUT2D eigenvalue weighted by atomic mass is 16.2. The number of amides is 1. The lowest BCUT2D eigenvalue weighted by molar-refractivity contribution is -0.131. The molecular weight excluding hydrogens is 324 g/mol. The van der Waals surface area contributed by atoms with E-state index in [-0.39, 0.29) is 5.91 Å². The Morgan fingerprint density at radius 2 is 2.00 bits per heavy atom. The summed E-state index contributed by atoms with van der Waals surface area (Å²) >= 11 is 0. The number of benzene rings is 1. The van der Waals surface area contributed by atoms with Gasteiger partial charge in [-0.3, -0.25) is 14.5 Å². The summed E-state index contributed by atoms with van der Waals surface area (Å²) < 4.78 is 1.92. The summed E-state index contributed by atoms with van der Waals surface area (Å²) in [6, 6.07) is 13.9. The van der Waals surface area contributed by atoms with Crippen LogP contribution in [0.5, 0.6) is 0 Å². The van der Waals surface area contributed by atoms with Gasteiger partial charge in [0.15, 0.2) is 0 Å². The van der Waals surface area contributed by atoms with Gasteiger partial charge in [-0.2, -0.15) is 5.10 Å². The van der Waals surface area contributed by atoms with E-state index < -0.39 is 0 Å². The van der Waals surface area contributed by atoms with Crippen molar-refractivity contribution in [2.75, 3.05) is 6.54 Å². The average molecular weight is 346 g/mol. The molecule has 0 N–H and O–H groups in total. The van der Waals surface area contributed by atoms with Gasteiger partial charge in [-0.15, -0.1) is 0 Å². The van der Waals surface area contributed by atoms with Crippen molar-refractivity contribution in [1.29, 1.82) is 0 Å². The molecule has 0 saturated carbocycles. The molecule has 1 aromatic carbocycles. The van der Waals surface area contributed by atoms with Gasteiger partial charge in [-0.1, -0.05) is 30.3 Å². The molecule has 1 amide bonds. The number of hydrogen-bond donors (Lipinski definition) is 0. The first-order valence-electron chi connectivity index (χ1n) is 8.99. The first-order valence-corrected chi connectivity index (χ1v) is 8.99. The van der Waals surface area contributed by atoms with E-state index >= 15 is 0 Å². The number of pyridine rings is 1. The molecule has 0 aliphatic carbocycles. The molecule has 0 spiro atoms. The molecule has 0 radical (unpaired) electrons. The Labute approximate surface area is 153 Å². The van der Waals surface area contributed by atoms with Gasteiger partial charge < -0.3 is 4.90 Å². The Bertz CT molecular complexity index is 903. The highest BCUT2D eigenvalue weighted by molar-refractivity contribution is 5.79. The lowest BCUT2D eigenvalue weighted by atomic mass is 10.0. The van der Waals surface area contributed by atoms with Gasteiger partial charge >= 0.3 is 0 Å². The molecule has 1 aliphatic rings. The van der Waals surface area contributed by atoms with Crippen LogP contribution in [0.4, 0.5) is 0 Å². The van der Waals surface area contributed by atoms with Crippen LogP contribution < -0.4 is 0 Å². The summed E-state index contributed by atoms with van der Waals surface area (Å²) in [5.41, 5.74) is 5.46. The Morgan fingerprint density at radius 1 is 1.15 bits per heavy atom. The zero-order chi connectivity index (χ0) is 17.9. The van der Waals surface area contributed by atoms with Crippen LogP contribution in [0.1, 0.15) is 23.2 Å². The van der Waals surface area contributed by atoms with Gasteiger partial charge in [-0.25, -0.2) is 0 Å². The van der Waals surface area contributed by atoms with Crippen molar-refractivity contribution < 1.29 is 4.79 Å². The molecule has 5 nitrogen and oxygen atoms in total. The first kappa shape index (κ1) is 16.5. The van der Waals surface area contributed by atoms with E-state index in [9.17, 15) is 4.79 Å². The Balaban J connectivity index is 1.59. The highest BCUT2D eigenvalue weighted by Crippen LogP contribution is 2.29. The number of rotatable bonds is 3. The molecule has 0 fully saturated rings. The van der Waals surface area contributed by atoms with E-state index in [0.29, 0.717) is 13.0 Å². The van der Waals surface area contributed by atoms with Gasteiger partial charge in [0.2, 0.25) is 5.91 Å². The number of aryl methyl sites for hydroxylation is 1. The monoisotopic (exact) mass is 346 g/mol. The van der Waals surface area contributed by atoms with E-state index in [0.717, 1.165) is 41.9 Å². The second kappa shape index (κ2) is 7.12. The molecule has 0 unspecified atom stereocenters. The first-order chi connectivity index (χ1) is 12.7. The fraction of sp³-hybridized carbons (Fsp3) is 0.286. The van der Waals surface area contributed by atoms with E-state index in [1.165, 1.54) is 5.56 Å². The lowest BCUT2D eigenvalue weighted by Crippen LogP contribution is -2.32. The quantitative estimate of drug-likeness (QED) is 0.732. The summed E-state index contributed by atoms with van der Waals surface area (Å²) in [6.07, 6.45) is 5.96. The zero-order valence-corrected chi connectivity index (χ0v) is 14.9. The third-order valence-corrected chi connectivity index (χ3v) is 4.96. The predicted molar refractivity (Wildman–Crippen MR) is 100 cm³/mol. The highest BCUT2D eigenvalue weighted by Gasteiger charge is 2.25. The van der Waals surface area contributed by atoms with Gasteiger partial charge in [0, 0.05) is 37.1 Å². The van der Waals surface area contributed by atoms with Crippen LogP contribution in [-0.4, -0.2) is 32.1 Å². The Hall–Kier alpha value is -2.95. The molecule has 4 rings (SSSR count). The number of carbonyl (C=O) groups is 1. The second-order valence-corrected chi connectivity index (χ2v) is 6.72. The van der Waals surface area contributed by atoms with Crippen molar-refractivity contribution in [3.63, 3.8) is 0 Å². The normalized spacial score (nSPS) is 14.0. The SMILES string of the molecule is Cn1nc(-c2cccnc2)c2c1CN(C(=O)Cc1ccccc1)CCC2. The minimum atomic E-state index is 0.174. The third-order valence-electron chi connectivity index (χ3n) is 4.96. The van der Waals surface area contributed by atoms with Gasteiger partial charge in [0.25, 0.3) is 0 Å². The topological polar surface area (TPSA) is 51.0 Å². The molecule has 0 atom stereocenters. The van der Waals surface area contributed by atoms with Crippen molar-refractivity contribution >= 4 is 5.91 Å². The van der Waals surface area contributed by atoms with E-state index in [2.05, 4.69) is 4.98 Å². The van der Waals surface area contributed by atoms with Crippen LogP contribution in [0, 0.1) is 0 Å². The lowest BCUT2D eigenvalue weighted by Gasteiger charge is -2.21. The van der Waals surface area contributed by atoms with Crippen LogP contribution in [0.3, 0.4) is 0 Å². The van der Waals surface area contributed by atoms with E-state index in [1.807, 2.05) is 65.3 Å². The second-order valence-electron chi connectivity index (χ2n) is 6.72. The van der Waals surface area contributed by atoms with E-state index in [4.69, 9.17) is 5.10 Å².